The molecule has 0 radical (unpaired) electrons. The number of carbonyl (C=O) groups is 1. The molecule has 1 aliphatic heterocycles. The second-order valence-corrected chi connectivity index (χ2v) is 6.16. The molecule has 0 atom stereocenters. The van der Waals surface area contributed by atoms with Gasteiger partial charge in [0.1, 0.15) is 0 Å². The van der Waals surface area contributed by atoms with Crippen LogP contribution in [-0.2, 0) is 16.0 Å². The number of nitrogens with one attached hydrogen (secondary N) is 1. The van der Waals surface area contributed by atoms with E-state index >= 15 is 0 Å². The average molecular weight is 314 g/mol. The Labute approximate surface area is 135 Å². The summed E-state index contributed by atoms with van der Waals surface area (Å²) in [4.78, 5) is 29.2. The topological polar surface area (TPSA) is 62.4 Å². The number of rotatable bonds is 3. The molecule has 5 nitrogen and oxygen atoms in total. The van der Waals surface area contributed by atoms with Gasteiger partial charge in [0, 0.05) is 36.0 Å². The van der Waals surface area contributed by atoms with E-state index in [1.165, 1.54) is 0 Å². The predicted octanol–water partition coefficient (Wildman–Crippen LogP) is 1.94. The van der Waals surface area contributed by atoms with Crippen LogP contribution in [0.1, 0.15) is 23.1 Å². The number of fused-ring (bicyclic) bond motifs is 1. The van der Waals surface area contributed by atoms with Crippen molar-refractivity contribution < 1.29 is 9.53 Å². The fourth-order valence-electron chi connectivity index (χ4n) is 3.11. The molecule has 0 spiro atoms. The molecule has 1 fully saturated rings. The molecule has 1 amide bonds. The number of aryl methyl sites for hydroxylation is 3. The summed E-state index contributed by atoms with van der Waals surface area (Å²) in [5.74, 6) is 0.0911. The number of aromatic nitrogens is 1. The molecule has 1 aliphatic rings. The molecular formula is C18H22N2O3. The van der Waals surface area contributed by atoms with Crippen LogP contribution in [0.15, 0.2) is 23.0 Å². The van der Waals surface area contributed by atoms with Crippen LogP contribution in [0, 0.1) is 13.8 Å². The zero-order valence-electron chi connectivity index (χ0n) is 13.6. The number of pyridine rings is 1. The van der Waals surface area contributed by atoms with Crippen molar-refractivity contribution in [3.63, 3.8) is 0 Å². The zero-order chi connectivity index (χ0) is 16.4. The van der Waals surface area contributed by atoms with E-state index in [1.807, 2.05) is 30.9 Å². The van der Waals surface area contributed by atoms with Crippen molar-refractivity contribution in [3.05, 3.63) is 45.2 Å². The first kappa shape index (κ1) is 15.7. The van der Waals surface area contributed by atoms with E-state index in [9.17, 15) is 9.59 Å². The third-order valence-corrected chi connectivity index (χ3v) is 4.36. The summed E-state index contributed by atoms with van der Waals surface area (Å²) in [5.41, 5.74) is 3.69. The Bertz CT molecular complexity index is 789. The number of hydrogen-bond acceptors (Lipinski definition) is 3. The van der Waals surface area contributed by atoms with Gasteiger partial charge in [-0.05, 0) is 43.5 Å². The van der Waals surface area contributed by atoms with Crippen molar-refractivity contribution in [2.75, 3.05) is 26.3 Å². The predicted molar refractivity (Wildman–Crippen MR) is 89.8 cm³/mol. The van der Waals surface area contributed by atoms with Gasteiger partial charge in [0.25, 0.3) is 5.56 Å². The van der Waals surface area contributed by atoms with Crippen LogP contribution in [0.3, 0.4) is 0 Å². The van der Waals surface area contributed by atoms with Gasteiger partial charge in [-0.3, -0.25) is 9.59 Å². The van der Waals surface area contributed by atoms with E-state index in [0.717, 1.165) is 22.0 Å². The molecule has 0 aliphatic carbocycles. The van der Waals surface area contributed by atoms with E-state index in [0.29, 0.717) is 44.7 Å². The highest BCUT2D eigenvalue weighted by atomic mass is 16.5. The molecule has 0 saturated carbocycles. The first-order chi connectivity index (χ1) is 11.0. The fraction of sp³-hybridized carbons (Fsp3) is 0.444. The molecule has 2 heterocycles. The number of H-pyrrole nitrogens is 1. The maximum absolute atomic E-state index is 12.2. The number of amides is 1. The molecular weight excluding hydrogens is 292 g/mol. The highest BCUT2D eigenvalue weighted by Crippen LogP contribution is 2.19. The number of ether oxygens (including phenoxy) is 1. The lowest BCUT2D eigenvalue weighted by Gasteiger charge is -2.26. The van der Waals surface area contributed by atoms with Crippen LogP contribution >= 0.6 is 0 Å². The van der Waals surface area contributed by atoms with E-state index in [2.05, 4.69) is 11.1 Å². The first-order valence-corrected chi connectivity index (χ1v) is 8.03. The monoisotopic (exact) mass is 314 g/mol. The Morgan fingerprint density at radius 3 is 2.70 bits per heavy atom. The van der Waals surface area contributed by atoms with Crippen LogP contribution in [0.4, 0.5) is 0 Å². The molecule has 1 aromatic carbocycles. The van der Waals surface area contributed by atoms with Gasteiger partial charge in [0.05, 0.1) is 13.2 Å². The molecule has 1 N–H and O–H groups in total. The third kappa shape index (κ3) is 3.45. The minimum absolute atomic E-state index is 0.0911. The van der Waals surface area contributed by atoms with E-state index in [4.69, 9.17) is 4.74 Å². The smallest absolute Gasteiger partial charge is 0.251 e. The van der Waals surface area contributed by atoms with Crippen molar-refractivity contribution in [2.45, 2.75) is 26.7 Å². The second-order valence-electron chi connectivity index (χ2n) is 6.16. The van der Waals surface area contributed by atoms with Gasteiger partial charge in [0.15, 0.2) is 0 Å². The summed E-state index contributed by atoms with van der Waals surface area (Å²) in [6.45, 7) is 6.54. The molecule has 0 bridgehead atoms. The van der Waals surface area contributed by atoms with Crippen molar-refractivity contribution >= 4 is 16.8 Å². The lowest BCUT2D eigenvalue weighted by atomic mass is 10.0. The van der Waals surface area contributed by atoms with Crippen LogP contribution in [-0.4, -0.2) is 42.1 Å². The van der Waals surface area contributed by atoms with Gasteiger partial charge in [-0.15, -0.1) is 0 Å². The number of aromatic amines is 1. The van der Waals surface area contributed by atoms with Crippen LogP contribution < -0.4 is 5.56 Å². The summed E-state index contributed by atoms with van der Waals surface area (Å²) in [7, 11) is 0. The molecule has 1 aromatic heterocycles. The number of benzene rings is 1. The summed E-state index contributed by atoms with van der Waals surface area (Å²) >= 11 is 0. The molecule has 23 heavy (non-hydrogen) atoms. The molecule has 0 unspecified atom stereocenters. The first-order valence-electron chi connectivity index (χ1n) is 8.03. The third-order valence-electron chi connectivity index (χ3n) is 4.36. The Balaban J connectivity index is 1.78. The minimum Gasteiger partial charge on any atom is -0.378 e. The van der Waals surface area contributed by atoms with E-state index in [1.54, 1.807) is 0 Å². The SMILES string of the molecule is Cc1cc(C)c2cc(CCC(=O)N3CCOCC3)c(=O)[nH]c2c1. The Hall–Kier alpha value is -2.14. The highest BCUT2D eigenvalue weighted by molar-refractivity contribution is 5.83. The van der Waals surface area contributed by atoms with Crippen LogP contribution in [0.25, 0.3) is 10.9 Å². The maximum Gasteiger partial charge on any atom is 0.251 e. The lowest BCUT2D eigenvalue weighted by Crippen LogP contribution is -2.40. The van der Waals surface area contributed by atoms with Gasteiger partial charge in [-0.1, -0.05) is 6.07 Å². The van der Waals surface area contributed by atoms with Gasteiger partial charge >= 0.3 is 0 Å². The largest absolute Gasteiger partial charge is 0.378 e. The lowest BCUT2D eigenvalue weighted by molar-refractivity contribution is -0.135. The molecule has 122 valence electrons. The second kappa shape index (κ2) is 6.54. The summed E-state index contributed by atoms with van der Waals surface area (Å²) in [6, 6.07) is 6.01. The summed E-state index contributed by atoms with van der Waals surface area (Å²) in [6.07, 6.45) is 0.828. The normalized spacial score (nSPS) is 15.1. The van der Waals surface area contributed by atoms with Crippen molar-refractivity contribution in [3.8, 4) is 0 Å². The Morgan fingerprint density at radius 1 is 1.22 bits per heavy atom. The van der Waals surface area contributed by atoms with E-state index < -0.39 is 0 Å². The molecule has 5 heteroatoms. The van der Waals surface area contributed by atoms with E-state index in [-0.39, 0.29) is 11.5 Å². The number of hydrogen-bond donors (Lipinski definition) is 1. The van der Waals surface area contributed by atoms with Crippen LogP contribution in [0.5, 0.6) is 0 Å². The highest BCUT2D eigenvalue weighted by Gasteiger charge is 2.17. The Morgan fingerprint density at radius 2 is 1.96 bits per heavy atom. The zero-order valence-corrected chi connectivity index (χ0v) is 13.6. The molecule has 2 aromatic rings. The van der Waals surface area contributed by atoms with Gasteiger partial charge < -0.3 is 14.6 Å². The standard InChI is InChI=1S/C18H22N2O3/c1-12-9-13(2)15-11-14(18(22)19-16(15)10-12)3-4-17(21)20-5-7-23-8-6-20/h9-11H,3-8H2,1-2H3,(H,19,22). The maximum atomic E-state index is 12.2. The number of nitrogens with zero attached hydrogens (tertiary/aromatic N) is 1. The Kier molecular flexibility index (Phi) is 4.48. The fourth-order valence-corrected chi connectivity index (χ4v) is 3.11. The van der Waals surface area contributed by atoms with Crippen molar-refractivity contribution in [2.24, 2.45) is 0 Å². The summed E-state index contributed by atoms with van der Waals surface area (Å²) in [5, 5.41) is 1.05. The molecule has 3 rings (SSSR count). The summed E-state index contributed by atoms with van der Waals surface area (Å²) < 4.78 is 5.25. The van der Waals surface area contributed by atoms with Crippen molar-refractivity contribution in [1.82, 2.24) is 9.88 Å². The quantitative estimate of drug-likeness (QED) is 0.942. The average Bonchev–Trinajstić information content (AvgIpc) is 2.53. The number of carbonyl (C=O) groups excluding carboxylic acids is 1. The van der Waals surface area contributed by atoms with Gasteiger partial charge in [-0.2, -0.15) is 0 Å². The van der Waals surface area contributed by atoms with Crippen molar-refractivity contribution in [1.29, 1.82) is 0 Å². The molecule has 1 saturated heterocycles. The van der Waals surface area contributed by atoms with Gasteiger partial charge in [0.2, 0.25) is 5.91 Å². The van der Waals surface area contributed by atoms with Gasteiger partial charge in [-0.25, -0.2) is 0 Å². The minimum atomic E-state index is -0.0997. The van der Waals surface area contributed by atoms with Crippen LogP contribution in [0.2, 0.25) is 0 Å². The number of morpholine rings is 1.